The molecule has 0 saturated carbocycles. The molecule has 258 valence electrons. The maximum Gasteiger partial charge on any atom is 0.138 e. The lowest BCUT2D eigenvalue weighted by Gasteiger charge is -2.49. The van der Waals surface area contributed by atoms with Gasteiger partial charge >= 0.3 is 0 Å². The molecule has 0 spiro atoms. The number of thiophene rings is 1. The molecule has 1 heterocycles. The van der Waals surface area contributed by atoms with Gasteiger partial charge in [-0.05, 0) is 81.9 Å². The second-order valence-corrected chi connectivity index (χ2v) is 18.5. The van der Waals surface area contributed by atoms with Gasteiger partial charge in [-0.25, -0.2) is 0 Å². The zero-order chi connectivity index (χ0) is 36.2. The Morgan fingerprint density at radius 3 is 1.24 bits per heavy atom. The minimum absolute atomic E-state index is 0.235. The van der Waals surface area contributed by atoms with Crippen molar-refractivity contribution in [1.82, 2.24) is 0 Å². The highest BCUT2D eigenvalue weighted by Gasteiger charge is 2.52. The van der Waals surface area contributed by atoms with Gasteiger partial charge in [0.05, 0.1) is 0 Å². The number of benzene rings is 4. The van der Waals surface area contributed by atoms with Crippen LogP contribution in [-0.2, 0) is 9.47 Å². The van der Waals surface area contributed by atoms with E-state index in [-0.39, 0.29) is 21.7 Å². The first-order valence-electron chi connectivity index (χ1n) is 17.8. The number of ether oxygens (including phenoxy) is 2. The molecule has 49 heavy (non-hydrogen) atoms. The maximum atomic E-state index is 6.71. The van der Waals surface area contributed by atoms with Gasteiger partial charge in [0, 0.05) is 56.1 Å². The SMILES string of the molecule is CCOC(C#Cc1c2cc3ccccc3cc2c(C#CC(OCC)(C(C)(C)C)C(C)(C)C)c2cc3sccc3cc12)(C(C)(C)C)C(C)(C)C. The van der Waals surface area contributed by atoms with Crippen molar-refractivity contribution in [2.45, 2.75) is 108 Å². The third-order valence-corrected chi connectivity index (χ3v) is 11.1. The second-order valence-electron chi connectivity index (χ2n) is 17.6. The van der Waals surface area contributed by atoms with Gasteiger partial charge in [0.25, 0.3) is 0 Å². The Hall–Kier alpha value is -3.34. The van der Waals surface area contributed by atoms with Gasteiger partial charge < -0.3 is 9.47 Å². The molecule has 0 aliphatic rings. The van der Waals surface area contributed by atoms with Crippen molar-refractivity contribution in [2.24, 2.45) is 21.7 Å². The molecule has 0 fully saturated rings. The van der Waals surface area contributed by atoms with Gasteiger partial charge in [-0.1, -0.05) is 131 Å². The van der Waals surface area contributed by atoms with E-state index in [1.807, 2.05) is 0 Å². The van der Waals surface area contributed by atoms with Gasteiger partial charge in [-0.15, -0.1) is 11.3 Å². The van der Waals surface area contributed by atoms with Crippen molar-refractivity contribution in [3.8, 4) is 23.7 Å². The molecule has 0 amide bonds. The van der Waals surface area contributed by atoms with E-state index < -0.39 is 11.2 Å². The average Bonchev–Trinajstić information content (AvgIpc) is 3.44. The summed E-state index contributed by atoms with van der Waals surface area (Å²) in [5.41, 5.74) is -0.268. The lowest BCUT2D eigenvalue weighted by molar-refractivity contribution is -0.135. The van der Waals surface area contributed by atoms with Crippen LogP contribution in [0.5, 0.6) is 0 Å². The molecule has 0 unspecified atom stereocenters. The van der Waals surface area contributed by atoms with Crippen LogP contribution in [-0.4, -0.2) is 24.4 Å². The molecule has 0 N–H and O–H groups in total. The van der Waals surface area contributed by atoms with E-state index in [4.69, 9.17) is 9.47 Å². The third kappa shape index (κ3) is 6.29. The minimum Gasteiger partial charge on any atom is -0.362 e. The van der Waals surface area contributed by atoms with Crippen LogP contribution in [0, 0.1) is 45.3 Å². The van der Waals surface area contributed by atoms with Gasteiger partial charge in [-0.2, -0.15) is 0 Å². The molecule has 0 bridgehead atoms. The van der Waals surface area contributed by atoms with Gasteiger partial charge in [0.2, 0.25) is 0 Å². The first kappa shape index (κ1) is 36.9. The normalized spacial score (nSPS) is 13.5. The van der Waals surface area contributed by atoms with Crippen LogP contribution in [0.1, 0.15) is 108 Å². The number of hydrogen-bond donors (Lipinski definition) is 0. The van der Waals surface area contributed by atoms with Crippen LogP contribution in [0.3, 0.4) is 0 Å². The third-order valence-electron chi connectivity index (χ3n) is 10.2. The van der Waals surface area contributed by atoms with Crippen LogP contribution in [0.25, 0.3) is 42.4 Å². The molecule has 3 heteroatoms. The number of fused-ring (bicyclic) bond motifs is 4. The Bertz CT molecular complexity index is 1960. The molecular weight excluding hydrogens is 617 g/mol. The maximum absolute atomic E-state index is 6.71. The van der Waals surface area contributed by atoms with Crippen LogP contribution in [0.2, 0.25) is 0 Å². The molecule has 0 aliphatic heterocycles. The van der Waals surface area contributed by atoms with Crippen LogP contribution >= 0.6 is 11.3 Å². The summed E-state index contributed by atoms with van der Waals surface area (Å²) in [6, 6.07) is 20.1. The van der Waals surface area contributed by atoms with Crippen molar-refractivity contribution < 1.29 is 9.47 Å². The Kier molecular flexibility index (Phi) is 9.62. The number of rotatable bonds is 4. The topological polar surface area (TPSA) is 18.5 Å². The van der Waals surface area contributed by atoms with Crippen molar-refractivity contribution in [1.29, 1.82) is 0 Å². The molecule has 0 aliphatic carbocycles. The first-order chi connectivity index (χ1) is 22.7. The summed E-state index contributed by atoms with van der Waals surface area (Å²) in [5.74, 6) is 15.3. The second kappa shape index (κ2) is 12.8. The molecule has 1 aromatic heterocycles. The van der Waals surface area contributed by atoms with Gasteiger partial charge in [0.15, 0.2) is 0 Å². The largest absolute Gasteiger partial charge is 0.362 e. The fourth-order valence-corrected chi connectivity index (χ4v) is 9.12. The van der Waals surface area contributed by atoms with Crippen molar-refractivity contribution in [2.75, 3.05) is 13.2 Å². The quantitative estimate of drug-likeness (QED) is 0.140. The van der Waals surface area contributed by atoms with Crippen LogP contribution in [0.15, 0.2) is 60.0 Å². The van der Waals surface area contributed by atoms with Gasteiger partial charge in [-0.3, -0.25) is 0 Å². The standard InChI is InChI=1S/C46H56O2S/c1-15-47-45(41(3,4)5,42(6,7)8)24-21-34-36-27-31-19-17-18-20-32(31)28-37(36)35(39-30-40-33(23-26-49-40)29-38(34)39)22-25-46(48-16-2,43(9,10)11)44(12,13)14/h17-20,23,26-30H,15-16H2,1-14H3. The van der Waals surface area contributed by atoms with Crippen molar-refractivity contribution >= 4 is 53.7 Å². The molecule has 0 radical (unpaired) electrons. The van der Waals surface area contributed by atoms with Crippen LogP contribution in [0.4, 0.5) is 0 Å². The Morgan fingerprint density at radius 1 is 0.510 bits per heavy atom. The molecule has 5 rings (SSSR count). The monoisotopic (exact) mass is 672 g/mol. The number of hydrogen-bond acceptors (Lipinski definition) is 3. The zero-order valence-corrected chi connectivity index (χ0v) is 33.2. The van der Waals surface area contributed by atoms with E-state index in [9.17, 15) is 0 Å². The minimum atomic E-state index is -0.689. The predicted octanol–water partition coefficient (Wildman–Crippen LogP) is 12.8. The first-order valence-corrected chi connectivity index (χ1v) is 18.7. The summed E-state index contributed by atoms with van der Waals surface area (Å²) in [7, 11) is 0. The van der Waals surface area contributed by atoms with E-state index in [0.717, 1.165) is 32.7 Å². The van der Waals surface area contributed by atoms with Crippen molar-refractivity contribution in [3.63, 3.8) is 0 Å². The summed E-state index contributed by atoms with van der Waals surface area (Å²) in [6.07, 6.45) is 0. The van der Waals surface area contributed by atoms with Crippen molar-refractivity contribution in [3.05, 3.63) is 71.1 Å². The molecule has 0 saturated heterocycles. The van der Waals surface area contributed by atoms with E-state index in [0.29, 0.717) is 13.2 Å². The fourth-order valence-electron chi connectivity index (χ4n) is 8.31. The molecule has 5 aromatic rings. The Morgan fingerprint density at radius 2 is 0.878 bits per heavy atom. The summed E-state index contributed by atoms with van der Waals surface area (Å²) in [4.78, 5) is 0. The van der Waals surface area contributed by atoms with E-state index in [1.165, 1.54) is 20.9 Å². The van der Waals surface area contributed by atoms with E-state index >= 15 is 0 Å². The lowest BCUT2D eigenvalue weighted by Crippen LogP contribution is -2.54. The van der Waals surface area contributed by atoms with Gasteiger partial charge in [0.1, 0.15) is 11.2 Å². The Labute approximate surface area is 300 Å². The average molecular weight is 673 g/mol. The highest BCUT2D eigenvalue weighted by molar-refractivity contribution is 7.17. The summed E-state index contributed by atoms with van der Waals surface area (Å²) in [6.45, 7) is 32.3. The summed E-state index contributed by atoms with van der Waals surface area (Å²) in [5, 5.41) is 10.2. The highest BCUT2D eigenvalue weighted by Crippen LogP contribution is 2.48. The highest BCUT2D eigenvalue weighted by atomic mass is 32.1. The zero-order valence-electron chi connectivity index (χ0n) is 32.4. The van der Waals surface area contributed by atoms with E-state index in [2.05, 4.69) is 181 Å². The molecular formula is C46H56O2S. The molecule has 2 nitrogen and oxygen atoms in total. The van der Waals surface area contributed by atoms with Crippen LogP contribution < -0.4 is 0 Å². The Balaban J connectivity index is 2.02. The molecule has 0 atom stereocenters. The predicted molar refractivity (Wildman–Crippen MR) is 215 cm³/mol. The summed E-state index contributed by atoms with van der Waals surface area (Å²) >= 11 is 1.77. The fraction of sp³-hybridized carbons (Fsp3) is 0.478. The van der Waals surface area contributed by atoms with E-state index in [1.54, 1.807) is 11.3 Å². The smallest absolute Gasteiger partial charge is 0.138 e. The molecule has 4 aromatic carbocycles. The summed E-state index contributed by atoms with van der Waals surface area (Å²) < 4.78 is 14.7. The lowest BCUT2D eigenvalue weighted by atomic mass is 9.62.